The summed E-state index contributed by atoms with van der Waals surface area (Å²) in [6.07, 6.45) is 0.784. The van der Waals surface area contributed by atoms with Crippen molar-refractivity contribution in [2.75, 3.05) is 0 Å². The van der Waals surface area contributed by atoms with Crippen LogP contribution in [0.15, 0.2) is 41.8 Å². The van der Waals surface area contributed by atoms with Crippen LogP contribution in [0.3, 0.4) is 0 Å². The average molecular weight is 311 g/mol. The molecule has 0 saturated heterocycles. The SMILES string of the molecule is Cc1cc(C)cc(Cc2nc(-c3ccc(O)cc3O)cs2)c1. The van der Waals surface area contributed by atoms with E-state index in [0.29, 0.717) is 5.56 Å². The average Bonchev–Trinajstić information content (AvgIpc) is 2.85. The molecule has 0 aliphatic carbocycles. The lowest BCUT2D eigenvalue weighted by Gasteiger charge is -2.03. The summed E-state index contributed by atoms with van der Waals surface area (Å²) < 4.78 is 0. The van der Waals surface area contributed by atoms with Crippen LogP contribution in [-0.4, -0.2) is 15.2 Å². The molecule has 1 aromatic heterocycles. The number of rotatable bonds is 3. The van der Waals surface area contributed by atoms with Gasteiger partial charge in [-0.25, -0.2) is 4.98 Å². The third kappa shape index (κ3) is 3.12. The van der Waals surface area contributed by atoms with E-state index >= 15 is 0 Å². The molecule has 0 aliphatic rings. The molecule has 3 nitrogen and oxygen atoms in total. The van der Waals surface area contributed by atoms with Crippen LogP contribution in [0.4, 0.5) is 0 Å². The molecule has 0 amide bonds. The van der Waals surface area contributed by atoms with Crippen LogP contribution in [0, 0.1) is 13.8 Å². The Balaban J connectivity index is 1.87. The molecule has 0 fully saturated rings. The Bertz CT molecular complexity index is 803. The summed E-state index contributed by atoms with van der Waals surface area (Å²) in [5.74, 6) is 0.0928. The second-order valence-electron chi connectivity index (χ2n) is 5.50. The summed E-state index contributed by atoms with van der Waals surface area (Å²) >= 11 is 1.58. The second-order valence-corrected chi connectivity index (χ2v) is 6.44. The molecular formula is C18H17NO2S. The fraction of sp³-hybridized carbons (Fsp3) is 0.167. The second kappa shape index (κ2) is 5.81. The first-order valence-corrected chi connectivity index (χ1v) is 7.93. The Kier molecular flexibility index (Phi) is 3.86. The fourth-order valence-electron chi connectivity index (χ4n) is 2.60. The van der Waals surface area contributed by atoms with E-state index in [1.54, 1.807) is 23.5 Å². The normalized spacial score (nSPS) is 10.8. The predicted molar refractivity (Wildman–Crippen MR) is 89.6 cm³/mol. The molecular weight excluding hydrogens is 294 g/mol. The first kappa shape index (κ1) is 14.6. The summed E-state index contributed by atoms with van der Waals surface area (Å²) in [5, 5.41) is 22.2. The molecule has 4 heteroatoms. The maximum Gasteiger partial charge on any atom is 0.128 e. The molecule has 2 aromatic carbocycles. The van der Waals surface area contributed by atoms with Crippen LogP contribution < -0.4 is 0 Å². The molecule has 112 valence electrons. The highest BCUT2D eigenvalue weighted by Crippen LogP contribution is 2.33. The minimum absolute atomic E-state index is 0.0447. The van der Waals surface area contributed by atoms with Gasteiger partial charge in [0, 0.05) is 23.4 Å². The van der Waals surface area contributed by atoms with Gasteiger partial charge < -0.3 is 10.2 Å². The highest BCUT2D eigenvalue weighted by molar-refractivity contribution is 7.10. The first-order chi connectivity index (χ1) is 10.5. The number of aryl methyl sites for hydroxylation is 2. The quantitative estimate of drug-likeness (QED) is 0.752. The van der Waals surface area contributed by atoms with Crippen molar-refractivity contribution in [1.29, 1.82) is 0 Å². The zero-order valence-electron chi connectivity index (χ0n) is 12.5. The highest BCUT2D eigenvalue weighted by atomic mass is 32.1. The molecule has 0 unspecified atom stereocenters. The molecule has 3 aromatic rings. The minimum atomic E-state index is 0.0447. The van der Waals surface area contributed by atoms with Gasteiger partial charge in [0.15, 0.2) is 0 Å². The van der Waals surface area contributed by atoms with Gasteiger partial charge in [0.2, 0.25) is 0 Å². The molecule has 0 atom stereocenters. The first-order valence-electron chi connectivity index (χ1n) is 7.05. The van der Waals surface area contributed by atoms with Gasteiger partial charge in [0.05, 0.1) is 10.7 Å². The summed E-state index contributed by atoms with van der Waals surface area (Å²) in [7, 11) is 0. The van der Waals surface area contributed by atoms with Crippen molar-refractivity contribution in [2.24, 2.45) is 0 Å². The van der Waals surface area contributed by atoms with Crippen LogP contribution in [0.1, 0.15) is 21.7 Å². The third-order valence-corrected chi connectivity index (χ3v) is 4.29. The zero-order chi connectivity index (χ0) is 15.7. The van der Waals surface area contributed by atoms with Gasteiger partial charge in [0.1, 0.15) is 11.5 Å². The molecule has 3 rings (SSSR count). The predicted octanol–water partition coefficient (Wildman–Crippen LogP) is 4.43. The number of thiazole rings is 1. The molecule has 0 saturated carbocycles. The van der Waals surface area contributed by atoms with Crippen LogP contribution >= 0.6 is 11.3 Å². The van der Waals surface area contributed by atoms with E-state index in [1.807, 2.05) is 5.38 Å². The van der Waals surface area contributed by atoms with Gasteiger partial charge >= 0.3 is 0 Å². The maximum absolute atomic E-state index is 9.92. The lowest BCUT2D eigenvalue weighted by Crippen LogP contribution is -1.90. The largest absolute Gasteiger partial charge is 0.508 e. The Morgan fingerprint density at radius 3 is 2.41 bits per heavy atom. The molecule has 22 heavy (non-hydrogen) atoms. The summed E-state index contributed by atoms with van der Waals surface area (Å²) in [6.45, 7) is 4.19. The monoisotopic (exact) mass is 311 g/mol. The van der Waals surface area contributed by atoms with Crippen molar-refractivity contribution >= 4 is 11.3 Å². The van der Waals surface area contributed by atoms with Gasteiger partial charge in [-0.3, -0.25) is 0 Å². The van der Waals surface area contributed by atoms with E-state index in [9.17, 15) is 10.2 Å². The van der Waals surface area contributed by atoms with Crippen LogP contribution in [0.25, 0.3) is 11.3 Å². The van der Waals surface area contributed by atoms with Gasteiger partial charge in [-0.15, -0.1) is 11.3 Å². The standard InChI is InChI=1S/C18H17NO2S/c1-11-5-12(2)7-13(6-11)8-18-19-16(10-22-18)15-4-3-14(20)9-17(15)21/h3-7,9-10,20-21H,8H2,1-2H3. The topological polar surface area (TPSA) is 53.4 Å². The van der Waals surface area contributed by atoms with Crippen molar-refractivity contribution in [3.63, 3.8) is 0 Å². The summed E-state index contributed by atoms with van der Waals surface area (Å²) in [5.41, 5.74) is 5.13. The van der Waals surface area contributed by atoms with E-state index in [-0.39, 0.29) is 11.5 Å². The molecule has 0 radical (unpaired) electrons. The number of phenolic OH excluding ortho intramolecular Hbond substituents is 2. The summed E-state index contributed by atoms with van der Waals surface area (Å²) in [6, 6.07) is 11.1. The van der Waals surface area contributed by atoms with Gasteiger partial charge in [-0.1, -0.05) is 29.3 Å². The third-order valence-electron chi connectivity index (χ3n) is 3.45. The number of aromatic nitrogens is 1. The Labute approximate surface area is 133 Å². The number of nitrogens with zero attached hydrogens (tertiary/aromatic N) is 1. The number of phenols is 2. The molecule has 1 heterocycles. The number of aromatic hydroxyl groups is 2. The molecule has 0 aliphatic heterocycles. The molecule has 0 bridgehead atoms. The van der Waals surface area contributed by atoms with Crippen molar-refractivity contribution < 1.29 is 10.2 Å². The van der Waals surface area contributed by atoms with Crippen LogP contribution in [0.5, 0.6) is 11.5 Å². The van der Waals surface area contributed by atoms with Crippen LogP contribution in [-0.2, 0) is 6.42 Å². The number of hydrogen-bond donors (Lipinski definition) is 2. The lowest BCUT2D eigenvalue weighted by molar-refractivity contribution is 0.452. The van der Waals surface area contributed by atoms with E-state index in [4.69, 9.17) is 0 Å². The minimum Gasteiger partial charge on any atom is -0.508 e. The highest BCUT2D eigenvalue weighted by Gasteiger charge is 2.10. The van der Waals surface area contributed by atoms with Crippen molar-refractivity contribution in [3.8, 4) is 22.8 Å². The van der Waals surface area contributed by atoms with Gasteiger partial charge in [-0.05, 0) is 31.5 Å². The molecule has 0 spiro atoms. The van der Waals surface area contributed by atoms with E-state index in [1.165, 1.54) is 22.8 Å². The zero-order valence-corrected chi connectivity index (χ0v) is 13.3. The van der Waals surface area contributed by atoms with Gasteiger partial charge in [-0.2, -0.15) is 0 Å². The smallest absolute Gasteiger partial charge is 0.128 e. The number of benzene rings is 2. The Hall–Kier alpha value is -2.33. The summed E-state index contributed by atoms with van der Waals surface area (Å²) in [4.78, 5) is 4.60. The van der Waals surface area contributed by atoms with E-state index in [2.05, 4.69) is 37.0 Å². The van der Waals surface area contributed by atoms with E-state index in [0.717, 1.165) is 17.1 Å². The van der Waals surface area contributed by atoms with Crippen molar-refractivity contribution in [3.05, 3.63) is 63.5 Å². The Morgan fingerprint density at radius 1 is 1.00 bits per heavy atom. The van der Waals surface area contributed by atoms with Gasteiger partial charge in [0.25, 0.3) is 0 Å². The van der Waals surface area contributed by atoms with Crippen LogP contribution in [0.2, 0.25) is 0 Å². The lowest BCUT2D eigenvalue weighted by atomic mass is 10.1. The maximum atomic E-state index is 9.92. The molecule has 2 N–H and O–H groups in total. The Morgan fingerprint density at radius 2 is 1.73 bits per heavy atom. The van der Waals surface area contributed by atoms with Crippen molar-refractivity contribution in [2.45, 2.75) is 20.3 Å². The fourth-order valence-corrected chi connectivity index (χ4v) is 3.43. The van der Waals surface area contributed by atoms with Crippen molar-refractivity contribution in [1.82, 2.24) is 4.98 Å². The number of hydrogen-bond acceptors (Lipinski definition) is 4. The van der Waals surface area contributed by atoms with E-state index < -0.39 is 0 Å².